The first kappa shape index (κ1) is 14.8. The van der Waals surface area contributed by atoms with Gasteiger partial charge in [0.1, 0.15) is 0 Å². The van der Waals surface area contributed by atoms with Crippen LogP contribution in [0.5, 0.6) is 0 Å². The normalized spacial score (nSPS) is 28.1. The van der Waals surface area contributed by atoms with Gasteiger partial charge in [-0.2, -0.15) is 0 Å². The summed E-state index contributed by atoms with van der Waals surface area (Å²) in [5.74, 6) is 1.84. The number of nitrogens with zero attached hydrogens (tertiary/aromatic N) is 1. The summed E-state index contributed by atoms with van der Waals surface area (Å²) in [5.41, 5.74) is 0. The van der Waals surface area contributed by atoms with Gasteiger partial charge in [-0.05, 0) is 63.5 Å². The zero-order valence-corrected chi connectivity index (χ0v) is 12.7. The summed E-state index contributed by atoms with van der Waals surface area (Å²) < 4.78 is 0. The summed E-state index contributed by atoms with van der Waals surface area (Å²) in [7, 11) is 0. The van der Waals surface area contributed by atoms with Gasteiger partial charge in [-0.15, -0.1) is 0 Å². The van der Waals surface area contributed by atoms with Crippen molar-refractivity contribution >= 4 is 5.91 Å². The number of carbonyl (C=O) groups excluding carboxylic acids is 1. The maximum atomic E-state index is 12.5. The van der Waals surface area contributed by atoms with Crippen LogP contribution in [0.15, 0.2) is 0 Å². The predicted octanol–water partition coefficient (Wildman–Crippen LogP) is 2.80. The van der Waals surface area contributed by atoms with Crippen LogP contribution < -0.4 is 5.32 Å². The maximum Gasteiger partial charge on any atom is 0.222 e. The zero-order chi connectivity index (χ0) is 13.7. The van der Waals surface area contributed by atoms with Gasteiger partial charge in [0.05, 0.1) is 0 Å². The summed E-state index contributed by atoms with van der Waals surface area (Å²) in [4.78, 5) is 14.7. The Hall–Kier alpha value is -0.570. The zero-order valence-electron chi connectivity index (χ0n) is 12.7. The third-order valence-electron chi connectivity index (χ3n) is 4.62. The van der Waals surface area contributed by atoms with Crippen molar-refractivity contribution in [1.29, 1.82) is 0 Å². The lowest BCUT2D eigenvalue weighted by Gasteiger charge is -2.37. The highest BCUT2D eigenvalue weighted by molar-refractivity contribution is 5.76. The van der Waals surface area contributed by atoms with E-state index >= 15 is 0 Å². The lowest BCUT2D eigenvalue weighted by Crippen LogP contribution is -2.44. The van der Waals surface area contributed by atoms with E-state index in [2.05, 4.69) is 24.1 Å². The first-order chi connectivity index (χ1) is 9.16. The Balaban J connectivity index is 1.80. The SMILES string of the molecule is CC(C)CC1CCCCN1C(=O)CCC1CCNC1. The highest BCUT2D eigenvalue weighted by atomic mass is 16.2. The van der Waals surface area contributed by atoms with Crippen LogP contribution >= 0.6 is 0 Å². The predicted molar refractivity (Wildman–Crippen MR) is 79.0 cm³/mol. The smallest absolute Gasteiger partial charge is 0.222 e. The number of hydrogen-bond acceptors (Lipinski definition) is 2. The second-order valence-electron chi connectivity index (χ2n) is 6.76. The van der Waals surface area contributed by atoms with E-state index in [4.69, 9.17) is 0 Å². The van der Waals surface area contributed by atoms with Gasteiger partial charge in [0.25, 0.3) is 0 Å². The molecule has 2 rings (SSSR count). The van der Waals surface area contributed by atoms with E-state index in [0.29, 0.717) is 17.9 Å². The quantitative estimate of drug-likeness (QED) is 0.830. The van der Waals surface area contributed by atoms with E-state index in [9.17, 15) is 4.79 Å². The first-order valence-corrected chi connectivity index (χ1v) is 8.17. The van der Waals surface area contributed by atoms with Gasteiger partial charge in [0.15, 0.2) is 0 Å². The molecule has 0 aromatic rings. The molecule has 110 valence electrons. The molecule has 2 atom stereocenters. The minimum Gasteiger partial charge on any atom is -0.340 e. The Morgan fingerprint density at radius 2 is 2.16 bits per heavy atom. The number of hydrogen-bond donors (Lipinski definition) is 1. The molecule has 2 aliphatic heterocycles. The van der Waals surface area contributed by atoms with Crippen molar-refractivity contribution in [2.24, 2.45) is 11.8 Å². The molecular weight excluding hydrogens is 236 g/mol. The van der Waals surface area contributed by atoms with Gasteiger partial charge in [-0.25, -0.2) is 0 Å². The van der Waals surface area contributed by atoms with E-state index < -0.39 is 0 Å². The largest absolute Gasteiger partial charge is 0.340 e. The Labute approximate surface area is 118 Å². The molecule has 0 aromatic heterocycles. The number of rotatable bonds is 5. The van der Waals surface area contributed by atoms with Crippen LogP contribution in [0.1, 0.15) is 58.8 Å². The molecule has 2 heterocycles. The van der Waals surface area contributed by atoms with Crippen LogP contribution in [0.25, 0.3) is 0 Å². The molecule has 0 radical (unpaired) electrons. The summed E-state index contributed by atoms with van der Waals surface area (Å²) in [6.45, 7) is 7.78. The van der Waals surface area contributed by atoms with Crippen LogP contribution in [0.4, 0.5) is 0 Å². The Kier molecular flexibility index (Phi) is 5.68. The van der Waals surface area contributed by atoms with Gasteiger partial charge in [-0.3, -0.25) is 4.79 Å². The molecule has 2 fully saturated rings. The molecule has 3 nitrogen and oxygen atoms in total. The van der Waals surface area contributed by atoms with Crippen molar-refractivity contribution in [1.82, 2.24) is 10.2 Å². The average Bonchev–Trinajstić information content (AvgIpc) is 2.89. The van der Waals surface area contributed by atoms with Crippen molar-refractivity contribution in [3.63, 3.8) is 0 Å². The molecule has 19 heavy (non-hydrogen) atoms. The van der Waals surface area contributed by atoms with Crippen LogP contribution in [0.2, 0.25) is 0 Å². The Bertz CT molecular complexity index is 284. The highest BCUT2D eigenvalue weighted by Gasteiger charge is 2.27. The van der Waals surface area contributed by atoms with Crippen molar-refractivity contribution in [2.45, 2.75) is 64.8 Å². The Morgan fingerprint density at radius 3 is 2.84 bits per heavy atom. The fourth-order valence-electron chi connectivity index (χ4n) is 3.55. The van der Waals surface area contributed by atoms with Crippen LogP contribution in [0.3, 0.4) is 0 Å². The molecule has 0 saturated carbocycles. The molecule has 0 bridgehead atoms. The third-order valence-corrected chi connectivity index (χ3v) is 4.62. The van der Waals surface area contributed by atoms with Gasteiger partial charge in [-0.1, -0.05) is 13.8 Å². The monoisotopic (exact) mass is 266 g/mol. The Morgan fingerprint density at radius 1 is 1.32 bits per heavy atom. The number of piperidine rings is 1. The van der Waals surface area contributed by atoms with Crippen LogP contribution in [-0.4, -0.2) is 36.5 Å². The molecule has 2 aliphatic rings. The summed E-state index contributed by atoms with van der Waals surface area (Å²) in [6, 6.07) is 0.517. The molecular formula is C16H30N2O. The van der Waals surface area contributed by atoms with Gasteiger partial charge < -0.3 is 10.2 Å². The third kappa shape index (κ3) is 4.48. The lowest BCUT2D eigenvalue weighted by atomic mass is 9.93. The second-order valence-corrected chi connectivity index (χ2v) is 6.76. The molecule has 3 heteroatoms. The second kappa shape index (κ2) is 7.28. The molecule has 0 aromatic carbocycles. The van der Waals surface area contributed by atoms with Crippen molar-refractivity contribution < 1.29 is 4.79 Å². The molecule has 2 unspecified atom stereocenters. The van der Waals surface area contributed by atoms with Crippen molar-refractivity contribution in [3.05, 3.63) is 0 Å². The molecule has 2 saturated heterocycles. The maximum absolute atomic E-state index is 12.5. The van der Waals surface area contributed by atoms with Crippen molar-refractivity contribution in [2.75, 3.05) is 19.6 Å². The average molecular weight is 266 g/mol. The molecule has 0 aliphatic carbocycles. The van der Waals surface area contributed by atoms with Crippen molar-refractivity contribution in [3.8, 4) is 0 Å². The number of amides is 1. The van der Waals surface area contributed by atoms with E-state index in [-0.39, 0.29) is 0 Å². The summed E-state index contributed by atoms with van der Waals surface area (Å²) in [6.07, 6.45) is 7.99. The minimum absolute atomic E-state index is 0.414. The molecule has 1 amide bonds. The van der Waals surface area contributed by atoms with Crippen LogP contribution in [0, 0.1) is 11.8 Å². The van der Waals surface area contributed by atoms with E-state index in [0.717, 1.165) is 38.4 Å². The topological polar surface area (TPSA) is 32.3 Å². The van der Waals surface area contributed by atoms with Gasteiger partial charge >= 0.3 is 0 Å². The number of carbonyl (C=O) groups is 1. The fraction of sp³-hybridized carbons (Fsp3) is 0.938. The van der Waals surface area contributed by atoms with Gasteiger partial charge in [0, 0.05) is 19.0 Å². The van der Waals surface area contributed by atoms with E-state index in [1.807, 2.05) is 0 Å². The van der Waals surface area contributed by atoms with Crippen LogP contribution in [-0.2, 0) is 4.79 Å². The summed E-state index contributed by atoms with van der Waals surface area (Å²) >= 11 is 0. The molecule has 1 N–H and O–H groups in total. The fourth-order valence-corrected chi connectivity index (χ4v) is 3.55. The van der Waals surface area contributed by atoms with E-state index in [1.165, 1.54) is 32.1 Å². The number of nitrogens with one attached hydrogen (secondary N) is 1. The minimum atomic E-state index is 0.414. The molecule has 0 spiro atoms. The first-order valence-electron chi connectivity index (χ1n) is 8.17. The number of likely N-dealkylation sites (tertiary alicyclic amines) is 1. The standard InChI is InChI=1S/C16H30N2O/c1-13(2)11-15-5-3-4-10-18(15)16(19)7-6-14-8-9-17-12-14/h13-15,17H,3-12H2,1-2H3. The summed E-state index contributed by atoms with van der Waals surface area (Å²) in [5, 5.41) is 3.39. The van der Waals surface area contributed by atoms with E-state index in [1.54, 1.807) is 0 Å². The van der Waals surface area contributed by atoms with Gasteiger partial charge in [0.2, 0.25) is 5.91 Å². The highest BCUT2D eigenvalue weighted by Crippen LogP contribution is 2.24. The lowest BCUT2D eigenvalue weighted by molar-refractivity contribution is -0.135.